The SMILES string of the molecule is CC1CCC(CNCC2CCC(C)CC2)CC1. The molecule has 2 fully saturated rings. The molecule has 0 radical (unpaired) electrons. The molecule has 0 heterocycles. The van der Waals surface area contributed by atoms with Crippen molar-refractivity contribution in [2.75, 3.05) is 13.1 Å². The van der Waals surface area contributed by atoms with Gasteiger partial charge in [-0.2, -0.15) is 0 Å². The molecule has 0 bridgehead atoms. The molecule has 1 heteroatoms. The van der Waals surface area contributed by atoms with Gasteiger partial charge in [0.2, 0.25) is 0 Å². The van der Waals surface area contributed by atoms with E-state index < -0.39 is 0 Å². The van der Waals surface area contributed by atoms with Gasteiger partial charge in [-0.1, -0.05) is 39.5 Å². The molecule has 1 nitrogen and oxygen atoms in total. The van der Waals surface area contributed by atoms with Gasteiger partial charge in [-0.05, 0) is 62.4 Å². The van der Waals surface area contributed by atoms with Gasteiger partial charge in [0.05, 0.1) is 0 Å². The van der Waals surface area contributed by atoms with Crippen LogP contribution in [0.25, 0.3) is 0 Å². The van der Waals surface area contributed by atoms with Gasteiger partial charge < -0.3 is 5.32 Å². The minimum Gasteiger partial charge on any atom is -0.316 e. The molecule has 2 aliphatic rings. The molecule has 0 amide bonds. The smallest absolute Gasteiger partial charge is 0.00204 e. The molecule has 0 aliphatic heterocycles. The third-order valence-corrected chi connectivity index (χ3v) is 5.14. The van der Waals surface area contributed by atoms with Gasteiger partial charge in [0.25, 0.3) is 0 Å². The van der Waals surface area contributed by atoms with Crippen molar-refractivity contribution < 1.29 is 0 Å². The third kappa shape index (κ3) is 4.62. The normalized spacial score (nSPS) is 39.2. The molecule has 0 aromatic heterocycles. The lowest BCUT2D eigenvalue weighted by Crippen LogP contribution is -2.31. The zero-order valence-electron chi connectivity index (χ0n) is 11.9. The fraction of sp³-hybridized carbons (Fsp3) is 1.00. The maximum atomic E-state index is 3.75. The van der Waals surface area contributed by atoms with Crippen molar-refractivity contribution in [1.82, 2.24) is 5.32 Å². The van der Waals surface area contributed by atoms with E-state index in [2.05, 4.69) is 19.2 Å². The lowest BCUT2D eigenvalue weighted by molar-refractivity contribution is 0.254. The fourth-order valence-electron chi connectivity index (χ4n) is 3.56. The Labute approximate surface area is 108 Å². The van der Waals surface area contributed by atoms with Crippen LogP contribution >= 0.6 is 0 Å². The molecule has 0 spiro atoms. The van der Waals surface area contributed by atoms with Gasteiger partial charge in [0.1, 0.15) is 0 Å². The maximum absolute atomic E-state index is 3.75. The Balaban J connectivity index is 1.54. The average Bonchev–Trinajstić information content (AvgIpc) is 2.34. The van der Waals surface area contributed by atoms with Crippen LogP contribution in [0.5, 0.6) is 0 Å². The Bertz CT molecular complexity index is 176. The number of hydrogen-bond acceptors (Lipinski definition) is 1. The van der Waals surface area contributed by atoms with Crippen LogP contribution in [0, 0.1) is 23.7 Å². The molecule has 2 rings (SSSR count). The lowest BCUT2D eigenvalue weighted by atomic mass is 9.82. The summed E-state index contributed by atoms with van der Waals surface area (Å²) < 4.78 is 0. The van der Waals surface area contributed by atoms with Gasteiger partial charge in [-0.25, -0.2) is 0 Å². The molecule has 1 N–H and O–H groups in total. The van der Waals surface area contributed by atoms with E-state index in [4.69, 9.17) is 0 Å². The topological polar surface area (TPSA) is 12.0 Å². The minimum absolute atomic E-state index is 0.980. The monoisotopic (exact) mass is 237 g/mol. The highest BCUT2D eigenvalue weighted by molar-refractivity contribution is 4.75. The van der Waals surface area contributed by atoms with Crippen molar-refractivity contribution in [3.05, 3.63) is 0 Å². The number of hydrogen-bond donors (Lipinski definition) is 1. The van der Waals surface area contributed by atoms with Crippen LogP contribution in [-0.4, -0.2) is 13.1 Å². The summed E-state index contributed by atoms with van der Waals surface area (Å²) in [7, 11) is 0. The van der Waals surface area contributed by atoms with Crippen molar-refractivity contribution >= 4 is 0 Å². The van der Waals surface area contributed by atoms with E-state index in [9.17, 15) is 0 Å². The summed E-state index contributed by atoms with van der Waals surface area (Å²) in [6.45, 7) is 7.40. The summed E-state index contributed by atoms with van der Waals surface area (Å²) in [5, 5.41) is 3.75. The van der Waals surface area contributed by atoms with Crippen molar-refractivity contribution in [2.45, 2.75) is 65.2 Å². The molecule has 0 saturated heterocycles. The van der Waals surface area contributed by atoms with E-state index in [1.54, 1.807) is 0 Å². The summed E-state index contributed by atoms with van der Waals surface area (Å²) >= 11 is 0. The number of rotatable bonds is 4. The Morgan fingerprint density at radius 2 is 1.00 bits per heavy atom. The summed E-state index contributed by atoms with van der Waals surface area (Å²) in [5.74, 6) is 3.94. The van der Waals surface area contributed by atoms with Crippen molar-refractivity contribution in [3.8, 4) is 0 Å². The van der Waals surface area contributed by atoms with Crippen LogP contribution in [0.1, 0.15) is 65.2 Å². The Hall–Kier alpha value is -0.0400. The van der Waals surface area contributed by atoms with Gasteiger partial charge in [0.15, 0.2) is 0 Å². The van der Waals surface area contributed by atoms with Gasteiger partial charge in [0, 0.05) is 0 Å². The average molecular weight is 237 g/mol. The maximum Gasteiger partial charge on any atom is -0.00204 e. The lowest BCUT2D eigenvalue weighted by Gasteiger charge is -2.29. The van der Waals surface area contributed by atoms with Crippen LogP contribution in [-0.2, 0) is 0 Å². The molecule has 0 atom stereocenters. The molecule has 0 unspecified atom stereocenters. The van der Waals surface area contributed by atoms with Gasteiger partial charge >= 0.3 is 0 Å². The van der Waals surface area contributed by atoms with Crippen molar-refractivity contribution in [3.63, 3.8) is 0 Å². The van der Waals surface area contributed by atoms with E-state index in [-0.39, 0.29) is 0 Å². The quantitative estimate of drug-likeness (QED) is 0.771. The van der Waals surface area contributed by atoms with Crippen LogP contribution in [0.2, 0.25) is 0 Å². The van der Waals surface area contributed by atoms with E-state index in [0.29, 0.717) is 0 Å². The van der Waals surface area contributed by atoms with E-state index in [0.717, 1.165) is 23.7 Å². The Morgan fingerprint density at radius 3 is 1.35 bits per heavy atom. The highest BCUT2D eigenvalue weighted by Gasteiger charge is 2.20. The van der Waals surface area contributed by atoms with Crippen molar-refractivity contribution in [1.29, 1.82) is 0 Å². The summed E-state index contributed by atoms with van der Waals surface area (Å²) in [4.78, 5) is 0. The van der Waals surface area contributed by atoms with Crippen LogP contribution in [0.4, 0.5) is 0 Å². The van der Waals surface area contributed by atoms with Gasteiger partial charge in [-0.15, -0.1) is 0 Å². The Morgan fingerprint density at radius 1 is 0.647 bits per heavy atom. The molecular formula is C16H31N. The molecule has 2 aliphatic carbocycles. The zero-order valence-corrected chi connectivity index (χ0v) is 11.9. The van der Waals surface area contributed by atoms with Crippen LogP contribution in [0.15, 0.2) is 0 Å². The first-order valence-electron chi connectivity index (χ1n) is 7.94. The van der Waals surface area contributed by atoms with Gasteiger partial charge in [-0.3, -0.25) is 0 Å². The van der Waals surface area contributed by atoms with Crippen molar-refractivity contribution in [2.24, 2.45) is 23.7 Å². The largest absolute Gasteiger partial charge is 0.316 e. The van der Waals surface area contributed by atoms with Crippen LogP contribution in [0.3, 0.4) is 0 Å². The standard InChI is InChI=1S/C16H31N/c1-13-3-7-15(8-4-13)11-17-12-16-9-5-14(2)6-10-16/h13-17H,3-12H2,1-2H3. The fourth-order valence-corrected chi connectivity index (χ4v) is 3.56. The highest BCUT2D eigenvalue weighted by atomic mass is 14.9. The predicted molar refractivity (Wildman–Crippen MR) is 75.1 cm³/mol. The second-order valence-corrected chi connectivity index (χ2v) is 6.91. The molecule has 2 saturated carbocycles. The summed E-state index contributed by atoms with van der Waals surface area (Å²) in [5.41, 5.74) is 0. The first-order chi connectivity index (χ1) is 8.24. The van der Waals surface area contributed by atoms with E-state index in [1.807, 2.05) is 0 Å². The third-order valence-electron chi connectivity index (χ3n) is 5.14. The molecule has 17 heavy (non-hydrogen) atoms. The van der Waals surface area contributed by atoms with Crippen LogP contribution < -0.4 is 5.32 Å². The molecular weight excluding hydrogens is 206 g/mol. The molecule has 0 aromatic rings. The minimum atomic E-state index is 0.980. The second kappa shape index (κ2) is 6.78. The number of nitrogens with one attached hydrogen (secondary N) is 1. The predicted octanol–water partition coefficient (Wildman–Crippen LogP) is 4.23. The first-order valence-corrected chi connectivity index (χ1v) is 7.94. The zero-order chi connectivity index (χ0) is 12.1. The van der Waals surface area contributed by atoms with E-state index >= 15 is 0 Å². The van der Waals surface area contributed by atoms with E-state index in [1.165, 1.54) is 64.5 Å². The second-order valence-electron chi connectivity index (χ2n) is 6.91. The summed E-state index contributed by atoms with van der Waals surface area (Å²) in [6, 6.07) is 0. The molecule has 0 aromatic carbocycles. The highest BCUT2D eigenvalue weighted by Crippen LogP contribution is 2.29. The first kappa shape index (κ1) is 13.4. The summed E-state index contributed by atoms with van der Waals surface area (Å²) in [6.07, 6.45) is 11.7. The Kier molecular flexibility index (Phi) is 5.34. The molecule has 100 valence electrons.